The first-order valence-corrected chi connectivity index (χ1v) is 10.5. The van der Waals surface area contributed by atoms with Gasteiger partial charge in [0.15, 0.2) is 12.4 Å². The molecule has 1 aliphatic carbocycles. The zero-order valence-electron chi connectivity index (χ0n) is 17.8. The highest BCUT2D eigenvalue weighted by molar-refractivity contribution is 5.93. The van der Waals surface area contributed by atoms with Crippen LogP contribution in [0, 0.1) is 12.7 Å². The van der Waals surface area contributed by atoms with Crippen molar-refractivity contribution in [3.05, 3.63) is 52.7 Å². The molecule has 7 heteroatoms. The van der Waals surface area contributed by atoms with Crippen LogP contribution in [0.5, 0.6) is 0 Å². The van der Waals surface area contributed by atoms with Crippen LogP contribution >= 0.6 is 0 Å². The minimum absolute atomic E-state index is 0.0262. The van der Waals surface area contributed by atoms with Gasteiger partial charge in [-0.2, -0.15) is 0 Å². The van der Waals surface area contributed by atoms with Gasteiger partial charge in [-0.1, -0.05) is 50.4 Å². The summed E-state index contributed by atoms with van der Waals surface area (Å²) in [4.78, 5) is 27.4. The summed E-state index contributed by atoms with van der Waals surface area (Å²) in [7, 11) is 0. The second-order valence-electron chi connectivity index (χ2n) is 8.18. The van der Waals surface area contributed by atoms with Crippen LogP contribution in [-0.4, -0.2) is 34.6 Å². The molecule has 1 heterocycles. The molecule has 30 heavy (non-hydrogen) atoms. The monoisotopic (exact) mass is 416 g/mol. The molecule has 1 amide bonds. The largest absolute Gasteiger partial charge is 0.452 e. The molecule has 0 saturated heterocycles. The maximum absolute atomic E-state index is 13.3. The van der Waals surface area contributed by atoms with Gasteiger partial charge in [-0.25, -0.2) is 9.18 Å². The van der Waals surface area contributed by atoms with Gasteiger partial charge in [-0.3, -0.25) is 4.79 Å². The summed E-state index contributed by atoms with van der Waals surface area (Å²) in [6.45, 7) is 5.49. The third kappa shape index (κ3) is 5.26. The maximum atomic E-state index is 13.3. The molecule has 0 aliphatic heterocycles. The SMILES string of the molecule is Cc1noc(C(C)C)c1C(=O)OCC(=O)N(Cc1ccc(F)cc1)C1CCCCC1. The molecule has 0 radical (unpaired) electrons. The first-order valence-electron chi connectivity index (χ1n) is 10.5. The van der Waals surface area contributed by atoms with E-state index in [2.05, 4.69) is 5.16 Å². The molecule has 3 rings (SSSR count). The Morgan fingerprint density at radius 2 is 1.87 bits per heavy atom. The van der Waals surface area contributed by atoms with Gasteiger partial charge in [0, 0.05) is 18.5 Å². The van der Waals surface area contributed by atoms with Crippen LogP contribution in [0.2, 0.25) is 0 Å². The number of halogens is 1. The molecule has 2 aromatic rings. The van der Waals surface area contributed by atoms with Crippen LogP contribution in [0.3, 0.4) is 0 Å². The average molecular weight is 416 g/mol. The highest BCUT2D eigenvalue weighted by Crippen LogP contribution is 2.25. The zero-order chi connectivity index (χ0) is 21.7. The van der Waals surface area contributed by atoms with Crippen molar-refractivity contribution < 1.29 is 23.2 Å². The van der Waals surface area contributed by atoms with E-state index < -0.39 is 5.97 Å². The van der Waals surface area contributed by atoms with Crippen LogP contribution in [0.4, 0.5) is 4.39 Å². The molecule has 0 atom stereocenters. The van der Waals surface area contributed by atoms with E-state index in [0.717, 1.165) is 37.7 Å². The second-order valence-corrected chi connectivity index (χ2v) is 8.18. The van der Waals surface area contributed by atoms with E-state index in [-0.39, 0.29) is 30.3 Å². The van der Waals surface area contributed by atoms with Crippen LogP contribution in [0.15, 0.2) is 28.8 Å². The lowest BCUT2D eigenvalue weighted by Gasteiger charge is -2.34. The molecule has 1 fully saturated rings. The normalized spacial score (nSPS) is 14.7. The summed E-state index contributed by atoms with van der Waals surface area (Å²) in [6.07, 6.45) is 5.13. The quantitative estimate of drug-likeness (QED) is 0.608. The molecule has 162 valence electrons. The highest BCUT2D eigenvalue weighted by Gasteiger charge is 2.28. The summed E-state index contributed by atoms with van der Waals surface area (Å²) in [5, 5.41) is 3.86. The Balaban J connectivity index is 1.70. The Morgan fingerprint density at radius 3 is 2.50 bits per heavy atom. The fourth-order valence-corrected chi connectivity index (χ4v) is 3.91. The van der Waals surface area contributed by atoms with Crippen molar-refractivity contribution in [2.75, 3.05) is 6.61 Å². The number of aromatic nitrogens is 1. The minimum atomic E-state index is -0.601. The Morgan fingerprint density at radius 1 is 1.20 bits per heavy atom. The number of ether oxygens (including phenoxy) is 1. The molecule has 1 aromatic heterocycles. The smallest absolute Gasteiger partial charge is 0.344 e. The number of carbonyl (C=O) groups excluding carboxylic acids is 2. The van der Waals surface area contributed by atoms with Gasteiger partial charge in [0.2, 0.25) is 0 Å². The standard InChI is InChI=1S/C23H29FN2O4/c1-15(2)22-21(16(3)25-30-22)23(28)29-14-20(27)26(19-7-5-4-6-8-19)13-17-9-11-18(24)12-10-17/h9-12,15,19H,4-8,13-14H2,1-3H3. The summed E-state index contributed by atoms with van der Waals surface area (Å²) in [5.74, 6) is -0.730. The van der Waals surface area contributed by atoms with E-state index in [1.54, 1.807) is 24.0 Å². The number of esters is 1. The van der Waals surface area contributed by atoms with Crippen molar-refractivity contribution >= 4 is 11.9 Å². The van der Waals surface area contributed by atoms with E-state index in [4.69, 9.17) is 9.26 Å². The number of nitrogens with zero attached hydrogens (tertiary/aromatic N) is 2. The van der Waals surface area contributed by atoms with Crippen LogP contribution < -0.4 is 0 Å². The van der Waals surface area contributed by atoms with Gasteiger partial charge >= 0.3 is 5.97 Å². The summed E-state index contributed by atoms with van der Waals surface area (Å²) in [5.41, 5.74) is 1.59. The Labute approximate surface area is 176 Å². The Bertz CT molecular complexity index is 870. The van der Waals surface area contributed by atoms with Crippen LogP contribution in [0.1, 0.15) is 79.2 Å². The molecule has 1 saturated carbocycles. The van der Waals surface area contributed by atoms with Crippen molar-refractivity contribution in [2.45, 2.75) is 71.4 Å². The van der Waals surface area contributed by atoms with Crippen molar-refractivity contribution in [3.8, 4) is 0 Å². The average Bonchev–Trinajstić information content (AvgIpc) is 3.14. The van der Waals surface area contributed by atoms with E-state index in [1.165, 1.54) is 12.1 Å². The fourth-order valence-electron chi connectivity index (χ4n) is 3.91. The third-order valence-electron chi connectivity index (χ3n) is 5.55. The van der Waals surface area contributed by atoms with Gasteiger partial charge in [-0.05, 0) is 37.5 Å². The highest BCUT2D eigenvalue weighted by atomic mass is 19.1. The zero-order valence-corrected chi connectivity index (χ0v) is 17.8. The molecule has 0 bridgehead atoms. The number of aryl methyl sites for hydroxylation is 1. The summed E-state index contributed by atoms with van der Waals surface area (Å²) < 4.78 is 23.9. The van der Waals surface area contributed by atoms with Crippen molar-refractivity contribution in [1.82, 2.24) is 10.1 Å². The second kappa shape index (κ2) is 9.87. The molecule has 6 nitrogen and oxygen atoms in total. The Hall–Kier alpha value is -2.70. The number of amides is 1. The third-order valence-corrected chi connectivity index (χ3v) is 5.55. The minimum Gasteiger partial charge on any atom is -0.452 e. The molecular weight excluding hydrogens is 387 g/mol. The maximum Gasteiger partial charge on any atom is 0.344 e. The van der Waals surface area contributed by atoms with Crippen molar-refractivity contribution in [3.63, 3.8) is 0 Å². The van der Waals surface area contributed by atoms with Gasteiger partial charge in [0.25, 0.3) is 5.91 Å². The van der Waals surface area contributed by atoms with E-state index in [9.17, 15) is 14.0 Å². The first kappa shape index (κ1) is 22.0. The van der Waals surface area contributed by atoms with E-state index in [0.29, 0.717) is 23.6 Å². The van der Waals surface area contributed by atoms with Crippen molar-refractivity contribution in [1.29, 1.82) is 0 Å². The molecular formula is C23H29FN2O4. The number of hydrogen-bond donors (Lipinski definition) is 0. The lowest BCUT2D eigenvalue weighted by Crippen LogP contribution is -2.43. The van der Waals surface area contributed by atoms with Gasteiger partial charge in [0.05, 0.1) is 5.69 Å². The van der Waals surface area contributed by atoms with Crippen LogP contribution in [0.25, 0.3) is 0 Å². The topological polar surface area (TPSA) is 72.6 Å². The lowest BCUT2D eigenvalue weighted by atomic mass is 9.93. The van der Waals surface area contributed by atoms with E-state index in [1.807, 2.05) is 13.8 Å². The molecule has 0 N–H and O–H groups in total. The molecule has 1 aliphatic rings. The summed E-state index contributed by atoms with van der Waals surface area (Å²) >= 11 is 0. The van der Waals surface area contributed by atoms with Gasteiger partial charge in [-0.15, -0.1) is 0 Å². The lowest BCUT2D eigenvalue weighted by molar-refractivity contribution is -0.138. The van der Waals surface area contributed by atoms with Crippen LogP contribution in [-0.2, 0) is 16.1 Å². The van der Waals surface area contributed by atoms with Crippen molar-refractivity contribution in [2.24, 2.45) is 0 Å². The predicted molar refractivity (Wildman–Crippen MR) is 109 cm³/mol. The number of rotatable bonds is 7. The predicted octanol–water partition coefficient (Wildman–Crippen LogP) is 4.76. The molecule has 0 unspecified atom stereocenters. The van der Waals surface area contributed by atoms with Gasteiger partial charge in [0.1, 0.15) is 11.4 Å². The molecule has 0 spiro atoms. The Kier molecular flexibility index (Phi) is 7.24. The summed E-state index contributed by atoms with van der Waals surface area (Å²) in [6, 6.07) is 6.24. The van der Waals surface area contributed by atoms with E-state index >= 15 is 0 Å². The first-order chi connectivity index (χ1) is 14.4. The number of benzene rings is 1. The number of hydrogen-bond acceptors (Lipinski definition) is 5. The number of carbonyl (C=O) groups is 2. The fraction of sp³-hybridized carbons (Fsp3) is 0.522. The van der Waals surface area contributed by atoms with Gasteiger partial charge < -0.3 is 14.2 Å². The molecule has 1 aromatic carbocycles.